The molecule has 0 N–H and O–H groups in total. The minimum Gasteiger partial charge on any atom is -0.489 e. The van der Waals surface area contributed by atoms with Crippen molar-refractivity contribution in [3.05, 3.63) is 11.8 Å². The van der Waals surface area contributed by atoms with Gasteiger partial charge in [0.15, 0.2) is 0 Å². The molecule has 78 valence electrons. The number of allylic oxidation sites excluding steroid dienone is 2. The van der Waals surface area contributed by atoms with E-state index in [9.17, 15) is 26.3 Å². The third-order valence-corrected chi connectivity index (χ3v) is 0.874. The maximum Gasteiger partial charge on any atom is 0.448 e. The lowest BCUT2D eigenvalue weighted by Gasteiger charge is -2.12. The highest BCUT2D eigenvalue weighted by Crippen LogP contribution is 2.30. The molecule has 0 aromatic rings. The van der Waals surface area contributed by atoms with Crippen LogP contribution in [0.15, 0.2) is 11.8 Å². The van der Waals surface area contributed by atoms with Crippen molar-refractivity contribution in [3.63, 3.8) is 0 Å². The van der Waals surface area contributed by atoms with Gasteiger partial charge < -0.3 is 4.74 Å². The molecular weight excluding hydrogens is 202 g/mol. The summed E-state index contributed by atoms with van der Waals surface area (Å²) in [4.78, 5) is 0. The predicted molar refractivity (Wildman–Crippen MR) is 31.8 cm³/mol. The van der Waals surface area contributed by atoms with E-state index in [1.807, 2.05) is 0 Å². The van der Waals surface area contributed by atoms with Crippen LogP contribution in [-0.4, -0.2) is 19.0 Å². The third-order valence-electron chi connectivity index (χ3n) is 0.874. The lowest BCUT2D eigenvalue weighted by atomic mass is 10.4. The Morgan fingerprint density at radius 3 is 1.85 bits per heavy atom. The van der Waals surface area contributed by atoms with E-state index in [0.717, 1.165) is 6.92 Å². The number of hydrogen-bond acceptors (Lipinski definition) is 1. The van der Waals surface area contributed by atoms with Gasteiger partial charge in [-0.15, -0.1) is 0 Å². The van der Waals surface area contributed by atoms with Crippen LogP contribution in [-0.2, 0) is 4.74 Å². The minimum atomic E-state index is -5.11. The van der Waals surface area contributed by atoms with E-state index in [2.05, 4.69) is 4.74 Å². The summed E-state index contributed by atoms with van der Waals surface area (Å²) in [7, 11) is 0. The van der Waals surface area contributed by atoms with Crippen molar-refractivity contribution in [2.75, 3.05) is 6.61 Å². The van der Waals surface area contributed by atoms with E-state index in [1.54, 1.807) is 0 Å². The molecule has 0 atom stereocenters. The molecule has 13 heavy (non-hydrogen) atoms. The summed E-state index contributed by atoms with van der Waals surface area (Å²) in [5, 5.41) is 0. The summed E-state index contributed by atoms with van der Waals surface area (Å²) in [5.74, 6) is -2.03. The quantitative estimate of drug-likeness (QED) is 0.500. The molecule has 0 spiro atoms. The van der Waals surface area contributed by atoms with Gasteiger partial charge in [0.25, 0.3) is 0 Å². The van der Waals surface area contributed by atoms with E-state index in [-0.39, 0.29) is 0 Å². The van der Waals surface area contributed by atoms with Gasteiger partial charge in [-0.2, -0.15) is 26.3 Å². The third kappa shape index (κ3) is 5.37. The molecule has 0 radical (unpaired) electrons. The maximum atomic E-state index is 11.7. The zero-order valence-electron chi connectivity index (χ0n) is 6.46. The molecule has 0 aliphatic rings. The first kappa shape index (κ1) is 12.1. The van der Waals surface area contributed by atoms with Crippen molar-refractivity contribution >= 4 is 0 Å². The Morgan fingerprint density at radius 2 is 1.62 bits per heavy atom. The van der Waals surface area contributed by atoms with Crippen molar-refractivity contribution in [2.24, 2.45) is 0 Å². The first-order chi connectivity index (χ1) is 5.67. The smallest absolute Gasteiger partial charge is 0.448 e. The molecule has 7 heteroatoms. The molecule has 0 rings (SSSR count). The minimum absolute atomic E-state index is 0.471. The van der Waals surface area contributed by atoms with Crippen molar-refractivity contribution in [2.45, 2.75) is 19.3 Å². The highest BCUT2D eigenvalue weighted by atomic mass is 19.4. The van der Waals surface area contributed by atoms with Gasteiger partial charge in [-0.25, -0.2) is 0 Å². The van der Waals surface area contributed by atoms with Crippen LogP contribution in [0.3, 0.4) is 0 Å². The van der Waals surface area contributed by atoms with Gasteiger partial charge in [0, 0.05) is 0 Å². The summed E-state index contributed by atoms with van der Waals surface area (Å²) >= 11 is 0. The molecule has 0 aromatic carbocycles. The van der Waals surface area contributed by atoms with E-state index >= 15 is 0 Å². The molecule has 1 nitrogen and oxygen atoms in total. The standard InChI is InChI=1S/C6H6F6O/c1-2-13-4(6(10,11)12)3-5(7,8)9/h3H,2H2,1H3. The van der Waals surface area contributed by atoms with Crippen LogP contribution in [0.2, 0.25) is 0 Å². The average Bonchev–Trinajstić information content (AvgIpc) is 1.81. The Labute approximate surface area is 70.0 Å². The second-order valence-electron chi connectivity index (χ2n) is 1.98. The van der Waals surface area contributed by atoms with Crippen molar-refractivity contribution in [1.82, 2.24) is 0 Å². The lowest BCUT2D eigenvalue weighted by molar-refractivity contribution is -0.140. The van der Waals surface area contributed by atoms with Crippen LogP contribution in [0.4, 0.5) is 26.3 Å². The molecule has 0 aliphatic carbocycles. The van der Waals surface area contributed by atoms with Crippen LogP contribution < -0.4 is 0 Å². The van der Waals surface area contributed by atoms with Gasteiger partial charge >= 0.3 is 12.4 Å². The fraction of sp³-hybridized carbons (Fsp3) is 0.667. The Kier molecular flexibility index (Phi) is 3.62. The Bertz CT molecular complexity index is 188. The fourth-order valence-corrected chi connectivity index (χ4v) is 0.509. The first-order valence-corrected chi connectivity index (χ1v) is 3.16. The summed E-state index contributed by atoms with van der Waals surface area (Å²) in [6, 6.07) is 0. The zero-order valence-corrected chi connectivity index (χ0v) is 6.46. The normalized spacial score (nSPS) is 14.5. The van der Waals surface area contributed by atoms with Gasteiger partial charge in [0.2, 0.25) is 5.76 Å². The molecule has 0 aliphatic heterocycles. The zero-order chi connectivity index (χ0) is 10.7. The van der Waals surface area contributed by atoms with Crippen molar-refractivity contribution in [1.29, 1.82) is 0 Å². The number of hydrogen-bond donors (Lipinski definition) is 0. The van der Waals surface area contributed by atoms with Crippen LogP contribution >= 0.6 is 0 Å². The topological polar surface area (TPSA) is 9.23 Å². The second kappa shape index (κ2) is 3.89. The van der Waals surface area contributed by atoms with Crippen LogP contribution in [0.5, 0.6) is 0 Å². The average molecular weight is 208 g/mol. The molecule has 0 aromatic heterocycles. The maximum absolute atomic E-state index is 11.7. The number of ether oxygens (including phenoxy) is 1. The summed E-state index contributed by atoms with van der Waals surface area (Å²) in [6.45, 7) is 0.692. The Balaban J connectivity index is 4.71. The Hall–Kier alpha value is -0.880. The monoisotopic (exact) mass is 208 g/mol. The Morgan fingerprint density at radius 1 is 1.15 bits per heavy atom. The summed E-state index contributed by atoms with van der Waals surface area (Å²) < 4.78 is 73.5. The van der Waals surface area contributed by atoms with Gasteiger partial charge in [-0.3, -0.25) is 0 Å². The van der Waals surface area contributed by atoms with E-state index in [4.69, 9.17) is 0 Å². The van der Waals surface area contributed by atoms with Gasteiger partial charge in [0.1, 0.15) is 0 Å². The van der Waals surface area contributed by atoms with E-state index in [0.29, 0.717) is 0 Å². The van der Waals surface area contributed by atoms with Crippen LogP contribution in [0.1, 0.15) is 6.92 Å². The van der Waals surface area contributed by atoms with Gasteiger partial charge in [-0.1, -0.05) is 0 Å². The summed E-state index contributed by atoms with van der Waals surface area (Å²) in [5.41, 5.74) is 0. The molecule has 0 heterocycles. The molecule has 0 saturated carbocycles. The molecule has 0 bridgehead atoms. The van der Waals surface area contributed by atoms with Crippen LogP contribution in [0.25, 0.3) is 0 Å². The highest BCUT2D eigenvalue weighted by molar-refractivity contribution is 5.04. The first-order valence-electron chi connectivity index (χ1n) is 3.16. The SMILES string of the molecule is CCOC(=CC(F)(F)F)C(F)(F)F. The van der Waals surface area contributed by atoms with Gasteiger partial charge in [0.05, 0.1) is 12.7 Å². The van der Waals surface area contributed by atoms with Crippen molar-refractivity contribution in [3.8, 4) is 0 Å². The second-order valence-corrected chi connectivity index (χ2v) is 1.98. The number of rotatable bonds is 2. The summed E-state index contributed by atoms with van der Waals surface area (Å²) in [6.07, 6.45) is -11.0. The van der Waals surface area contributed by atoms with Crippen LogP contribution in [0, 0.1) is 0 Å². The molecule has 0 saturated heterocycles. The lowest BCUT2D eigenvalue weighted by Crippen LogP contribution is -2.18. The largest absolute Gasteiger partial charge is 0.489 e. The van der Waals surface area contributed by atoms with Crippen molar-refractivity contribution < 1.29 is 31.1 Å². The van der Waals surface area contributed by atoms with E-state index < -0.39 is 30.8 Å². The molecule has 0 unspecified atom stereocenters. The van der Waals surface area contributed by atoms with E-state index in [1.165, 1.54) is 0 Å². The van der Waals surface area contributed by atoms with Gasteiger partial charge in [-0.05, 0) is 6.92 Å². The predicted octanol–water partition coefficient (Wildman–Crippen LogP) is 3.03. The molecular formula is C6H6F6O. The number of alkyl halides is 6. The highest BCUT2D eigenvalue weighted by Gasteiger charge is 2.40. The fourth-order valence-electron chi connectivity index (χ4n) is 0.509. The molecule has 0 amide bonds. The number of halogens is 6. The molecule has 0 fully saturated rings.